The molecule has 2 rings (SSSR count). The molecule has 0 aliphatic heterocycles. The summed E-state index contributed by atoms with van der Waals surface area (Å²) < 4.78 is 12.9. The zero-order chi connectivity index (χ0) is 13.9. The van der Waals surface area contributed by atoms with Crippen molar-refractivity contribution in [3.05, 3.63) is 24.1 Å². The van der Waals surface area contributed by atoms with Gasteiger partial charge in [0, 0.05) is 6.42 Å². The lowest BCUT2D eigenvalue weighted by molar-refractivity contribution is -0.150. The fourth-order valence-electron chi connectivity index (χ4n) is 2.49. The number of carbonyl (C=O) groups is 2. The monoisotopic (exact) mass is 266 g/mol. The van der Waals surface area contributed by atoms with Gasteiger partial charge in [0.05, 0.1) is 5.41 Å². The van der Waals surface area contributed by atoms with Crippen molar-refractivity contribution < 1.29 is 19.1 Å². The molecule has 1 saturated carbocycles. The Labute approximate surface area is 109 Å². The molecule has 0 bridgehead atoms. The van der Waals surface area contributed by atoms with Gasteiger partial charge in [0.1, 0.15) is 5.82 Å². The van der Waals surface area contributed by atoms with Gasteiger partial charge in [0.25, 0.3) is 0 Å². The van der Waals surface area contributed by atoms with Gasteiger partial charge in [-0.15, -0.1) is 0 Å². The van der Waals surface area contributed by atoms with Crippen molar-refractivity contribution in [2.75, 3.05) is 5.32 Å². The highest BCUT2D eigenvalue weighted by Crippen LogP contribution is 2.41. The number of hydrogen-bond acceptors (Lipinski definition) is 3. The molecule has 19 heavy (non-hydrogen) atoms. The van der Waals surface area contributed by atoms with E-state index in [4.69, 9.17) is 0 Å². The van der Waals surface area contributed by atoms with Gasteiger partial charge in [-0.3, -0.25) is 9.59 Å². The van der Waals surface area contributed by atoms with Crippen molar-refractivity contribution in [1.29, 1.82) is 0 Å². The average Bonchev–Trinajstić information content (AvgIpc) is 2.78. The maximum atomic E-state index is 12.9. The molecule has 0 spiro atoms. The Morgan fingerprint density at radius 2 is 2.05 bits per heavy atom. The van der Waals surface area contributed by atoms with Crippen molar-refractivity contribution in [2.24, 2.45) is 5.41 Å². The molecule has 1 aliphatic rings. The second kappa shape index (κ2) is 5.34. The molecule has 0 saturated heterocycles. The highest BCUT2D eigenvalue weighted by Gasteiger charge is 2.42. The molecule has 6 heteroatoms. The van der Waals surface area contributed by atoms with E-state index in [0.29, 0.717) is 12.8 Å². The topological polar surface area (TPSA) is 79.3 Å². The largest absolute Gasteiger partial charge is 0.481 e. The number of amides is 1. The van der Waals surface area contributed by atoms with E-state index in [9.17, 15) is 19.1 Å². The van der Waals surface area contributed by atoms with Gasteiger partial charge in [0.15, 0.2) is 0 Å². The normalized spacial score (nSPS) is 17.1. The molecule has 0 atom stereocenters. The Bertz CT molecular complexity index is 498. The minimum absolute atomic E-state index is 0.0967. The number of anilines is 1. The summed E-state index contributed by atoms with van der Waals surface area (Å²) in [7, 11) is 0. The van der Waals surface area contributed by atoms with E-state index in [1.54, 1.807) is 0 Å². The molecular formula is C13H15FN2O3. The lowest BCUT2D eigenvalue weighted by atomic mass is 9.82. The van der Waals surface area contributed by atoms with E-state index in [1.165, 1.54) is 18.2 Å². The molecule has 0 unspecified atom stereocenters. The Morgan fingerprint density at radius 3 is 2.63 bits per heavy atom. The fraction of sp³-hybridized carbons (Fsp3) is 0.462. The van der Waals surface area contributed by atoms with Gasteiger partial charge in [0.2, 0.25) is 11.9 Å². The third-order valence-corrected chi connectivity index (χ3v) is 3.50. The van der Waals surface area contributed by atoms with E-state index in [0.717, 1.165) is 12.8 Å². The van der Waals surface area contributed by atoms with Crippen LogP contribution in [-0.2, 0) is 9.59 Å². The summed E-state index contributed by atoms with van der Waals surface area (Å²) in [4.78, 5) is 26.7. The van der Waals surface area contributed by atoms with Crippen LogP contribution < -0.4 is 5.32 Å². The first-order valence-corrected chi connectivity index (χ1v) is 6.18. The van der Waals surface area contributed by atoms with E-state index >= 15 is 0 Å². The summed E-state index contributed by atoms with van der Waals surface area (Å²) >= 11 is 0. The van der Waals surface area contributed by atoms with Crippen LogP contribution in [0, 0.1) is 11.4 Å². The molecule has 1 fully saturated rings. The molecule has 0 radical (unpaired) electrons. The molecule has 1 heterocycles. The first kappa shape index (κ1) is 13.5. The Balaban J connectivity index is 2.02. The number of rotatable bonds is 4. The molecular weight excluding hydrogens is 251 g/mol. The SMILES string of the molecule is O=C(CC1(C(=O)O)CCCC1)Nc1cccc(F)n1. The van der Waals surface area contributed by atoms with E-state index < -0.39 is 23.2 Å². The van der Waals surface area contributed by atoms with Gasteiger partial charge in [-0.25, -0.2) is 4.98 Å². The maximum Gasteiger partial charge on any atom is 0.310 e. The molecule has 1 aromatic heterocycles. The number of nitrogens with one attached hydrogen (secondary N) is 1. The smallest absolute Gasteiger partial charge is 0.310 e. The van der Waals surface area contributed by atoms with Gasteiger partial charge >= 0.3 is 5.97 Å². The predicted molar refractivity (Wildman–Crippen MR) is 66.0 cm³/mol. The van der Waals surface area contributed by atoms with Gasteiger partial charge in [-0.05, 0) is 25.0 Å². The summed E-state index contributed by atoms with van der Waals surface area (Å²) in [5.74, 6) is -1.97. The van der Waals surface area contributed by atoms with Crippen molar-refractivity contribution in [3.63, 3.8) is 0 Å². The second-order valence-corrected chi connectivity index (χ2v) is 4.86. The molecule has 102 valence electrons. The molecule has 0 aromatic carbocycles. The van der Waals surface area contributed by atoms with Gasteiger partial charge in [-0.1, -0.05) is 18.9 Å². The molecule has 2 N–H and O–H groups in total. The fourth-order valence-corrected chi connectivity index (χ4v) is 2.49. The predicted octanol–water partition coefficient (Wildman–Crippen LogP) is 2.19. The minimum Gasteiger partial charge on any atom is -0.481 e. The number of carboxylic acids is 1. The summed E-state index contributed by atoms with van der Waals surface area (Å²) in [6, 6.07) is 4.06. The van der Waals surface area contributed by atoms with Crippen LogP contribution in [0.4, 0.5) is 10.2 Å². The molecule has 1 amide bonds. The number of pyridine rings is 1. The summed E-state index contributed by atoms with van der Waals surface area (Å²) in [6.07, 6.45) is 2.55. The maximum absolute atomic E-state index is 12.9. The van der Waals surface area contributed by atoms with Gasteiger partial charge < -0.3 is 10.4 Å². The average molecular weight is 266 g/mol. The lowest BCUT2D eigenvalue weighted by Crippen LogP contribution is -2.32. The highest BCUT2D eigenvalue weighted by molar-refractivity contribution is 5.93. The Kier molecular flexibility index (Phi) is 3.78. The van der Waals surface area contributed by atoms with Crippen LogP contribution in [0.3, 0.4) is 0 Å². The van der Waals surface area contributed by atoms with Crippen LogP contribution in [0.25, 0.3) is 0 Å². The van der Waals surface area contributed by atoms with Crippen LogP contribution in [0.15, 0.2) is 18.2 Å². The Morgan fingerprint density at radius 1 is 1.37 bits per heavy atom. The van der Waals surface area contributed by atoms with E-state index in [1.807, 2.05) is 0 Å². The first-order valence-electron chi connectivity index (χ1n) is 6.18. The number of aromatic nitrogens is 1. The number of aliphatic carboxylic acids is 1. The van der Waals surface area contributed by atoms with Crippen LogP contribution in [0.1, 0.15) is 32.1 Å². The zero-order valence-electron chi connectivity index (χ0n) is 10.4. The number of carboxylic acid groups (broad SMARTS) is 1. The summed E-state index contributed by atoms with van der Waals surface area (Å²) in [5, 5.41) is 11.7. The Hall–Kier alpha value is -1.98. The molecule has 5 nitrogen and oxygen atoms in total. The van der Waals surface area contributed by atoms with Crippen LogP contribution in [0.2, 0.25) is 0 Å². The lowest BCUT2D eigenvalue weighted by Gasteiger charge is -2.22. The third kappa shape index (κ3) is 3.07. The standard InChI is InChI=1S/C13H15FN2O3/c14-9-4-3-5-10(15-9)16-11(17)8-13(12(18)19)6-1-2-7-13/h3-5H,1-2,6-8H2,(H,18,19)(H,15,16,17). The van der Waals surface area contributed by atoms with Crippen molar-refractivity contribution in [3.8, 4) is 0 Å². The van der Waals surface area contributed by atoms with Crippen molar-refractivity contribution >= 4 is 17.7 Å². The van der Waals surface area contributed by atoms with E-state index in [-0.39, 0.29) is 12.2 Å². The van der Waals surface area contributed by atoms with Gasteiger partial charge in [-0.2, -0.15) is 4.39 Å². The number of halogens is 1. The first-order chi connectivity index (χ1) is 9.02. The van der Waals surface area contributed by atoms with Crippen molar-refractivity contribution in [2.45, 2.75) is 32.1 Å². The number of hydrogen-bond donors (Lipinski definition) is 2. The number of nitrogens with zero attached hydrogens (tertiary/aromatic N) is 1. The zero-order valence-corrected chi connectivity index (χ0v) is 10.4. The second-order valence-electron chi connectivity index (χ2n) is 4.86. The molecule has 1 aromatic rings. The third-order valence-electron chi connectivity index (χ3n) is 3.50. The summed E-state index contributed by atoms with van der Waals surface area (Å²) in [6.45, 7) is 0. The summed E-state index contributed by atoms with van der Waals surface area (Å²) in [5.41, 5.74) is -0.975. The minimum atomic E-state index is -0.975. The number of carbonyl (C=O) groups excluding carboxylic acids is 1. The highest BCUT2D eigenvalue weighted by atomic mass is 19.1. The van der Waals surface area contributed by atoms with Crippen LogP contribution in [-0.4, -0.2) is 22.0 Å². The van der Waals surface area contributed by atoms with Crippen LogP contribution >= 0.6 is 0 Å². The van der Waals surface area contributed by atoms with E-state index in [2.05, 4.69) is 10.3 Å². The quantitative estimate of drug-likeness (QED) is 0.819. The van der Waals surface area contributed by atoms with Crippen LogP contribution in [0.5, 0.6) is 0 Å². The van der Waals surface area contributed by atoms with Crippen molar-refractivity contribution in [1.82, 2.24) is 4.98 Å². The molecule has 1 aliphatic carbocycles.